The Morgan fingerprint density at radius 3 is 1.93 bits per heavy atom. The van der Waals surface area contributed by atoms with Crippen molar-refractivity contribution in [1.82, 2.24) is 0 Å². The number of carboxylic acid groups (broad SMARTS) is 3. The maximum absolute atomic E-state index is 11.4. The van der Waals surface area contributed by atoms with Crippen LogP contribution in [0, 0.1) is 17.8 Å². The lowest BCUT2D eigenvalue weighted by molar-refractivity contribution is -0.264. The summed E-state index contributed by atoms with van der Waals surface area (Å²) in [5, 5.41) is 28.1. The van der Waals surface area contributed by atoms with Gasteiger partial charge in [0.1, 0.15) is 6.61 Å². The van der Waals surface area contributed by atoms with Crippen LogP contribution in [0.2, 0.25) is 0 Å². The molecular weight excluding hydrogens is 432 g/mol. The van der Waals surface area contributed by atoms with E-state index in [1.165, 1.54) is 6.92 Å². The average molecular weight is 455 g/mol. The summed E-state index contributed by atoms with van der Waals surface area (Å²) in [6.07, 6.45) is -3.34. The van der Waals surface area contributed by atoms with Gasteiger partial charge in [-0.05, 0) is 5.92 Å². The minimum atomic E-state index is -1.20. The highest BCUT2D eigenvalue weighted by Crippen LogP contribution is 2.42. The SMILES string of the molecule is CC(=O)OC[C@@H]1O[C@@H](OCCBr)[C@H](CC(=O)O)[C@@H](CC(=O)O)[C@H]1CC(=O)O. The molecule has 1 saturated heterocycles. The summed E-state index contributed by atoms with van der Waals surface area (Å²) in [5.74, 6) is -6.74. The van der Waals surface area contributed by atoms with Gasteiger partial charge in [0.15, 0.2) is 6.29 Å². The van der Waals surface area contributed by atoms with Gasteiger partial charge in [-0.25, -0.2) is 0 Å². The molecular formula is C16H23BrO10. The first-order valence-corrected chi connectivity index (χ1v) is 9.39. The van der Waals surface area contributed by atoms with Crippen molar-refractivity contribution in [2.75, 3.05) is 18.5 Å². The van der Waals surface area contributed by atoms with Crippen molar-refractivity contribution >= 4 is 39.8 Å². The molecule has 0 amide bonds. The topological polar surface area (TPSA) is 157 Å². The fourth-order valence-corrected chi connectivity index (χ4v) is 3.48. The van der Waals surface area contributed by atoms with Crippen molar-refractivity contribution < 1.29 is 48.7 Å². The lowest BCUT2D eigenvalue weighted by Crippen LogP contribution is -2.52. The number of carboxylic acids is 3. The predicted molar refractivity (Wildman–Crippen MR) is 92.3 cm³/mol. The van der Waals surface area contributed by atoms with Crippen LogP contribution < -0.4 is 0 Å². The Hall–Kier alpha value is -1.72. The number of esters is 1. The molecule has 11 heteroatoms. The Kier molecular flexibility index (Phi) is 9.67. The fraction of sp³-hybridized carbons (Fsp3) is 0.750. The summed E-state index contributed by atoms with van der Waals surface area (Å²) in [5.41, 5.74) is 0. The number of carbonyl (C=O) groups is 4. The summed E-state index contributed by atoms with van der Waals surface area (Å²) < 4.78 is 16.2. The zero-order valence-corrected chi connectivity index (χ0v) is 16.3. The molecule has 3 N–H and O–H groups in total. The van der Waals surface area contributed by atoms with Crippen LogP contribution in [0.1, 0.15) is 26.2 Å². The smallest absolute Gasteiger partial charge is 0.303 e. The number of aliphatic carboxylic acids is 3. The molecule has 1 aliphatic rings. The van der Waals surface area contributed by atoms with E-state index in [9.17, 15) is 34.5 Å². The average Bonchev–Trinajstić information content (AvgIpc) is 2.54. The number of hydrogen-bond acceptors (Lipinski definition) is 7. The van der Waals surface area contributed by atoms with Gasteiger partial charge in [-0.1, -0.05) is 15.9 Å². The molecule has 0 spiro atoms. The van der Waals surface area contributed by atoms with Crippen molar-refractivity contribution in [2.45, 2.75) is 38.6 Å². The summed E-state index contributed by atoms with van der Waals surface area (Å²) in [7, 11) is 0. The molecule has 0 radical (unpaired) electrons. The second kappa shape index (κ2) is 11.2. The van der Waals surface area contributed by atoms with Gasteiger partial charge in [0.05, 0.1) is 25.6 Å². The Morgan fingerprint density at radius 2 is 1.44 bits per heavy atom. The molecule has 0 aromatic rings. The highest BCUT2D eigenvalue weighted by molar-refractivity contribution is 9.09. The Labute approximate surface area is 163 Å². The van der Waals surface area contributed by atoms with Crippen molar-refractivity contribution in [3.8, 4) is 0 Å². The van der Waals surface area contributed by atoms with Crippen molar-refractivity contribution in [1.29, 1.82) is 0 Å². The molecule has 1 aliphatic heterocycles. The van der Waals surface area contributed by atoms with E-state index < -0.39 is 73.3 Å². The summed E-state index contributed by atoms with van der Waals surface area (Å²) >= 11 is 3.17. The highest BCUT2D eigenvalue weighted by Gasteiger charge is 2.48. The van der Waals surface area contributed by atoms with Crippen molar-refractivity contribution in [3.63, 3.8) is 0 Å². The third kappa shape index (κ3) is 7.81. The van der Waals surface area contributed by atoms with Crippen LogP contribution >= 0.6 is 15.9 Å². The highest BCUT2D eigenvalue weighted by atomic mass is 79.9. The summed E-state index contributed by atoms with van der Waals surface area (Å²) in [6, 6.07) is 0. The van der Waals surface area contributed by atoms with Crippen LogP contribution in [0.25, 0.3) is 0 Å². The van der Waals surface area contributed by atoms with E-state index in [1.807, 2.05) is 0 Å². The maximum Gasteiger partial charge on any atom is 0.303 e. The zero-order chi connectivity index (χ0) is 20.6. The van der Waals surface area contributed by atoms with E-state index in [0.717, 1.165) is 0 Å². The Balaban J connectivity index is 3.22. The molecule has 0 aromatic heterocycles. The molecule has 1 rings (SSSR count). The normalized spacial score (nSPS) is 27.7. The van der Waals surface area contributed by atoms with Gasteiger partial charge in [0.2, 0.25) is 0 Å². The van der Waals surface area contributed by atoms with E-state index in [2.05, 4.69) is 15.9 Å². The van der Waals surface area contributed by atoms with Crippen LogP contribution in [-0.2, 0) is 33.4 Å². The van der Waals surface area contributed by atoms with Crippen LogP contribution in [0.4, 0.5) is 0 Å². The number of hydrogen-bond donors (Lipinski definition) is 3. The van der Waals surface area contributed by atoms with Gasteiger partial charge in [-0.2, -0.15) is 0 Å². The van der Waals surface area contributed by atoms with E-state index in [-0.39, 0.29) is 13.2 Å². The number of rotatable bonds is 11. The van der Waals surface area contributed by atoms with Gasteiger partial charge < -0.3 is 29.5 Å². The first-order valence-electron chi connectivity index (χ1n) is 8.27. The van der Waals surface area contributed by atoms with Crippen LogP contribution in [0.5, 0.6) is 0 Å². The second-order valence-corrected chi connectivity index (χ2v) is 6.98. The van der Waals surface area contributed by atoms with Crippen molar-refractivity contribution in [2.24, 2.45) is 17.8 Å². The molecule has 1 fully saturated rings. The lowest BCUT2D eigenvalue weighted by atomic mass is 9.71. The third-order valence-electron chi connectivity index (χ3n) is 4.28. The molecule has 0 aliphatic carbocycles. The fourth-order valence-electron chi connectivity index (χ4n) is 3.29. The van der Waals surface area contributed by atoms with Crippen LogP contribution in [0.15, 0.2) is 0 Å². The monoisotopic (exact) mass is 454 g/mol. The number of alkyl halides is 1. The molecule has 10 nitrogen and oxygen atoms in total. The molecule has 0 aromatic carbocycles. The van der Waals surface area contributed by atoms with Gasteiger partial charge in [0.25, 0.3) is 0 Å². The van der Waals surface area contributed by atoms with Gasteiger partial charge in [0, 0.05) is 30.5 Å². The number of halogens is 1. The molecule has 1 heterocycles. The Morgan fingerprint density at radius 1 is 0.926 bits per heavy atom. The van der Waals surface area contributed by atoms with Crippen molar-refractivity contribution in [3.05, 3.63) is 0 Å². The summed E-state index contributed by atoms with van der Waals surface area (Å²) in [6.45, 7) is 1.07. The molecule has 5 atom stereocenters. The maximum atomic E-state index is 11.4. The van der Waals surface area contributed by atoms with E-state index >= 15 is 0 Å². The van der Waals surface area contributed by atoms with Crippen LogP contribution in [-0.4, -0.2) is 70.1 Å². The quantitative estimate of drug-likeness (QED) is 0.303. The molecule has 0 saturated carbocycles. The van der Waals surface area contributed by atoms with E-state index in [1.54, 1.807) is 0 Å². The first-order chi connectivity index (χ1) is 12.6. The largest absolute Gasteiger partial charge is 0.481 e. The molecule has 27 heavy (non-hydrogen) atoms. The Bertz CT molecular complexity index is 551. The minimum absolute atomic E-state index is 0.171. The summed E-state index contributed by atoms with van der Waals surface area (Å²) in [4.78, 5) is 45.1. The first kappa shape index (κ1) is 23.3. The van der Waals surface area contributed by atoms with E-state index in [0.29, 0.717) is 5.33 Å². The minimum Gasteiger partial charge on any atom is -0.481 e. The second-order valence-electron chi connectivity index (χ2n) is 6.19. The standard InChI is InChI=1S/C16H23BrO10/c1-8(18)26-7-12-10(5-14(21)22)9(4-13(19)20)11(6-15(23)24)16(27-12)25-3-2-17/h9-12,16H,2-7H2,1H3,(H,19,20)(H,21,22)(H,23,24)/t9-,10+,11+,12-,16+/m0/s1. The zero-order valence-electron chi connectivity index (χ0n) is 14.7. The van der Waals surface area contributed by atoms with Gasteiger partial charge in [-0.15, -0.1) is 0 Å². The molecule has 154 valence electrons. The molecule has 0 unspecified atom stereocenters. The lowest BCUT2D eigenvalue weighted by Gasteiger charge is -2.45. The number of ether oxygens (including phenoxy) is 3. The van der Waals surface area contributed by atoms with E-state index in [4.69, 9.17) is 14.2 Å². The molecule has 0 bridgehead atoms. The number of carbonyl (C=O) groups excluding carboxylic acids is 1. The predicted octanol–water partition coefficient (Wildman–Crippen LogP) is 0.959. The van der Waals surface area contributed by atoms with Gasteiger partial charge >= 0.3 is 23.9 Å². The third-order valence-corrected chi connectivity index (χ3v) is 4.60. The van der Waals surface area contributed by atoms with Gasteiger partial charge in [-0.3, -0.25) is 19.2 Å². The van der Waals surface area contributed by atoms with Crippen LogP contribution in [0.3, 0.4) is 0 Å².